The SMILES string of the molecule is COc1cc(C(C)(C)c2cnc(SCc3c(F)cc(S(=O)(=O)[N-]CCCC[N+](C)(C)C)cc3F)n2-c2ccc(F)cc2)ccc1Cl. The molecular weight excluding hydrogens is 657 g/mol. The summed E-state index contributed by atoms with van der Waals surface area (Å²) in [5, 5.41) is 0.854. The van der Waals surface area contributed by atoms with Gasteiger partial charge in [0.25, 0.3) is 0 Å². The number of hydrogen-bond acceptors (Lipinski definition) is 5. The van der Waals surface area contributed by atoms with E-state index in [9.17, 15) is 12.8 Å². The largest absolute Gasteiger partial charge is 0.545 e. The topological polar surface area (TPSA) is 75.3 Å². The number of hydrogen-bond donors (Lipinski definition) is 0. The van der Waals surface area contributed by atoms with E-state index >= 15 is 8.78 Å². The monoisotopic (exact) mass is 694 g/mol. The molecule has 46 heavy (non-hydrogen) atoms. The molecule has 3 aromatic carbocycles. The van der Waals surface area contributed by atoms with Crippen molar-refractivity contribution in [2.75, 3.05) is 41.3 Å². The molecule has 0 fully saturated rings. The van der Waals surface area contributed by atoms with Crippen molar-refractivity contribution in [2.45, 2.75) is 47.9 Å². The van der Waals surface area contributed by atoms with E-state index in [1.807, 2.05) is 47.1 Å². The number of rotatable bonds is 14. The molecule has 0 N–H and O–H groups in total. The number of quaternary nitrogens is 1. The second kappa shape index (κ2) is 14.4. The van der Waals surface area contributed by atoms with Gasteiger partial charge in [-0.2, -0.15) is 0 Å². The maximum absolute atomic E-state index is 15.3. The number of thioether (sulfide) groups is 1. The summed E-state index contributed by atoms with van der Waals surface area (Å²) in [6.45, 7) is 4.85. The number of sulfonamides is 1. The zero-order valence-corrected chi connectivity index (χ0v) is 29.0. The zero-order valence-electron chi connectivity index (χ0n) is 26.7. The molecule has 0 spiro atoms. The fourth-order valence-electron chi connectivity index (χ4n) is 4.87. The van der Waals surface area contributed by atoms with Gasteiger partial charge >= 0.3 is 0 Å². The van der Waals surface area contributed by atoms with Gasteiger partial charge in [-0.15, -0.1) is 6.54 Å². The number of ether oxygens (including phenoxy) is 1. The second-order valence-electron chi connectivity index (χ2n) is 12.4. The third kappa shape index (κ3) is 8.46. The highest BCUT2D eigenvalue weighted by Crippen LogP contribution is 2.39. The van der Waals surface area contributed by atoms with Gasteiger partial charge in [0, 0.05) is 22.4 Å². The number of halogens is 4. The first kappa shape index (κ1) is 35.8. The fraction of sp³-hybridized carbons (Fsp3) is 0.364. The van der Waals surface area contributed by atoms with Crippen molar-refractivity contribution in [3.8, 4) is 11.4 Å². The van der Waals surface area contributed by atoms with Crippen molar-refractivity contribution in [3.63, 3.8) is 0 Å². The van der Waals surface area contributed by atoms with E-state index in [0.717, 1.165) is 52.6 Å². The van der Waals surface area contributed by atoms with Gasteiger partial charge < -0.3 is 13.9 Å². The average molecular weight is 695 g/mol. The minimum atomic E-state index is -4.23. The van der Waals surface area contributed by atoms with Crippen molar-refractivity contribution in [1.82, 2.24) is 9.55 Å². The Morgan fingerprint density at radius 2 is 1.65 bits per heavy atom. The molecule has 0 aliphatic heterocycles. The molecule has 1 heterocycles. The number of nitrogens with zero attached hydrogens (tertiary/aromatic N) is 4. The quantitative estimate of drug-likeness (QED) is 0.0757. The predicted molar refractivity (Wildman–Crippen MR) is 177 cm³/mol. The van der Waals surface area contributed by atoms with E-state index in [2.05, 4.69) is 9.71 Å². The fourth-order valence-corrected chi connectivity index (χ4v) is 7.10. The molecule has 13 heteroatoms. The van der Waals surface area contributed by atoms with Gasteiger partial charge in [0.05, 0.1) is 56.6 Å². The Morgan fingerprint density at radius 3 is 2.26 bits per heavy atom. The van der Waals surface area contributed by atoms with Gasteiger partial charge in [-0.1, -0.05) is 49.7 Å². The minimum Gasteiger partial charge on any atom is -0.545 e. The lowest BCUT2D eigenvalue weighted by Gasteiger charge is -2.28. The molecule has 4 aromatic rings. The van der Waals surface area contributed by atoms with Crippen LogP contribution in [0.3, 0.4) is 0 Å². The summed E-state index contributed by atoms with van der Waals surface area (Å²) < 4.78 is 81.5. The molecule has 248 valence electrons. The Labute approximate surface area is 278 Å². The van der Waals surface area contributed by atoms with Gasteiger partial charge in [-0.3, -0.25) is 4.57 Å². The Bertz CT molecular complexity index is 1770. The second-order valence-corrected chi connectivity index (χ2v) is 15.4. The number of benzene rings is 3. The molecule has 1 aromatic heterocycles. The number of imidazole rings is 1. The van der Waals surface area contributed by atoms with E-state index in [4.69, 9.17) is 16.3 Å². The van der Waals surface area contributed by atoms with Gasteiger partial charge in [0.1, 0.15) is 33.2 Å². The minimum absolute atomic E-state index is 0.0384. The maximum Gasteiger partial charge on any atom is 0.173 e. The van der Waals surface area contributed by atoms with Crippen LogP contribution in [-0.2, 0) is 21.2 Å². The van der Waals surface area contributed by atoms with Crippen LogP contribution in [0.1, 0.15) is 43.5 Å². The lowest BCUT2D eigenvalue weighted by atomic mass is 9.81. The van der Waals surface area contributed by atoms with Crippen LogP contribution >= 0.6 is 23.4 Å². The van der Waals surface area contributed by atoms with Crippen LogP contribution in [0, 0.1) is 17.5 Å². The molecule has 0 aliphatic carbocycles. The summed E-state index contributed by atoms with van der Waals surface area (Å²) >= 11 is 7.33. The van der Waals surface area contributed by atoms with Crippen molar-refractivity contribution in [2.24, 2.45) is 0 Å². The van der Waals surface area contributed by atoms with Gasteiger partial charge in [0.2, 0.25) is 0 Å². The Hall–Kier alpha value is -3.03. The first-order chi connectivity index (χ1) is 21.5. The lowest BCUT2D eigenvalue weighted by molar-refractivity contribution is -0.870. The Morgan fingerprint density at radius 1 is 1.00 bits per heavy atom. The van der Waals surface area contributed by atoms with E-state index in [-0.39, 0.29) is 17.9 Å². The van der Waals surface area contributed by atoms with Crippen LogP contribution in [0.2, 0.25) is 5.02 Å². The highest BCUT2D eigenvalue weighted by molar-refractivity contribution is 7.98. The zero-order chi connectivity index (χ0) is 33.9. The van der Waals surface area contributed by atoms with E-state index in [0.29, 0.717) is 28.0 Å². The smallest absolute Gasteiger partial charge is 0.173 e. The number of unbranched alkanes of at least 4 members (excludes halogenated alkanes) is 1. The molecule has 0 saturated heterocycles. The Kier molecular flexibility index (Phi) is 11.2. The first-order valence-electron chi connectivity index (χ1n) is 14.6. The summed E-state index contributed by atoms with van der Waals surface area (Å²) in [7, 11) is 3.40. The normalized spacial score (nSPS) is 12.5. The molecular formula is C33H38ClF3N4O3S2. The average Bonchev–Trinajstić information content (AvgIpc) is 3.41. The van der Waals surface area contributed by atoms with E-state index in [1.165, 1.54) is 19.2 Å². The van der Waals surface area contributed by atoms with Crippen molar-refractivity contribution in [1.29, 1.82) is 0 Å². The third-order valence-corrected chi connectivity index (χ3v) is 10.2. The van der Waals surface area contributed by atoms with Gasteiger partial charge in [-0.05, 0) is 60.5 Å². The van der Waals surface area contributed by atoms with Crippen molar-refractivity contribution < 1.29 is 30.8 Å². The summed E-state index contributed by atoms with van der Waals surface area (Å²) in [5.74, 6) is -2.11. The van der Waals surface area contributed by atoms with Crippen LogP contribution in [0.15, 0.2) is 70.8 Å². The molecule has 0 radical (unpaired) electrons. The van der Waals surface area contributed by atoms with Crippen molar-refractivity contribution in [3.05, 3.63) is 105 Å². The van der Waals surface area contributed by atoms with E-state index < -0.39 is 37.8 Å². The molecule has 4 rings (SSSR count). The summed E-state index contributed by atoms with van der Waals surface area (Å²) in [6.07, 6.45) is 2.97. The number of methoxy groups -OCH3 is 1. The molecule has 0 aliphatic rings. The molecule has 0 saturated carbocycles. The predicted octanol–water partition coefficient (Wildman–Crippen LogP) is 8.12. The molecule has 0 atom stereocenters. The van der Waals surface area contributed by atoms with Gasteiger partial charge in [-0.25, -0.2) is 26.6 Å². The van der Waals surface area contributed by atoms with Crippen LogP contribution in [0.4, 0.5) is 13.2 Å². The van der Waals surface area contributed by atoms with Crippen LogP contribution in [-0.4, -0.2) is 63.8 Å². The molecule has 7 nitrogen and oxygen atoms in total. The highest BCUT2D eigenvalue weighted by atomic mass is 35.5. The molecule has 0 bridgehead atoms. The van der Waals surface area contributed by atoms with Gasteiger partial charge in [0.15, 0.2) is 5.16 Å². The number of aromatic nitrogens is 2. The summed E-state index contributed by atoms with van der Waals surface area (Å²) in [4.78, 5) is 4.05. The third-order valence-electron chi connectivity index (χ3n) is 7.58. The maximum atomic E-state index is 15.3. The summed E-state index contributed by atoms with van der Waals surface area (Å²) in [6, 6.07) is 12.9. The first-order valence-corrected chi connectivity index (χ1v) is 17.4. The standard InChI is InChI=1S/C33H38ClF3N4O3S2/c1-33(2,22-9-14-27(34)30(17-22)44-6)31-20-38-32(40(31)24-12-10-23(35)11-13-24)45-21-26-28(36)18-25(19-29(26)37)46(42,43)39-15-7-8-16-41(3,4)5/h9-14,17-20H,7-8,15-16,21H2,1-6H3. The van der Waals surface area contributed by atoms with Crippen LogP contribution in [0.5, 0.6) is 5.75 Å². The van der Waals surface area contributed by atoms with E-state index in [1.54, 1.807) is 29.0 Å². The van der Waals surface area contributed by atoms with Crippen molar-refractivity contribution >= 4 is 33.4 Å². The van der Waals surface area contributed by atoms with Crippen LogP contribution in [0.25, 0.3) is 10.4 Å². The molecule has 0 unspecified atom stereocenters. The Balaban J connectivity index is 1.60. The summed E-state index contributed by atoms with van der Waals surface area (Å²) in [5.41, 5.74) is 1.21. The highest BCUT2D eigenvalue weighted by Gasteiger charge is 2.30. The lowest BCUT2D eigenvalue weighted by Crippen LogP contribution is -2.35. The molecule has 0 amide bonds. The van der Waals surface area contributed by atoms with Crippen LogP contribution < -0.4 is 4.74 Å².